The Kier molecular flexibility index (Phi) is 7.62. The largest absolute Gasteiger partial charge is 0.493 e. The Bertz CT molecular complexity index is 1040. The molecule has 0 spiro atoms. The predicted molar refractivity (Wildman–Crippen MR) is 111 cm³/mol. The molecule has 0 amide bonds. The van der Waals surface area contributed by atoms with E-state index in [4.69, 9.17) is 24.4 Å². The smallest absolute Gasteiger partial charge is 0.490 e. The summed E-state index contributed by atoms with van der Waals surface area (Å²) in [5.41, 5.74) is 2.71. The molecule has 0 saturated heterocycles. The fourth-order valence-corrected chi connectivity index (χ4v) is 2.59. The maximum atomic E-state index is 10.6. The number of anilines is 1. The summed E-state index contributed by atoms with van der Waals surface area (Å²) in [5.74, 6) is -0.843. The SMILES string of the molecule is COc1cc2nc(NC(C)C)nc(-c3ccccc3)c2cc1OC.O=C(O)C(F)(F)F. The first-order valence-electron chi connectivity index (χ1n) is 9.12. The molecule has 3 aromatic rings. The molecule has 2 N–H and O–H groups in total. The molecule has 0 aliphatic rings. The molecule has 0 fully saturated rings. The first kappa shape index (κ1) is 23.7. The highest BCUT2D eigenvalue weighted by atomic mass is 19.4. The van der Waals surface area contributed by atoms with Crippen molar-refractivity contribution in [1.29, 1.82) is 0 Å². The lowest BCUT2D eigenvalue weighted by Gasteiger charge is -2.14. The van der Waals surface area contributed by atoms with E-state index < -0.39 is 12.1 Å². The second kappa shape index (κ2) is 9.96. The number of aliphatic carboxylic acids is 1. The molecule has 3 rings (SSSR count). The average Bonchev–Trinajstić information content (AvgIpc) is 2.72. The molecule has 2 aromatic carbocycles. The normalized spacial score (nSPS) is 11.0. The zero-order chi connectivity index (χ0) is 23.2. The summed E-state index contributed by atoms with van der Waals surface area (Å²) < 4.78 is 42.6. The number of aromatic nitrogens is 2. The van der Waals surface area contributed by atoms with E-state index in [9.17, 15) is 13.2 Å². The summed E-state index contributed by atoms with van der Waals surface area (Å²) in [4.78, 5) is 18.2. The van der Waals surface area contributed by atoms with Crippen molar-refractivity contribution in [1.82, 2.24) is 9.97 Å². The number of fused-ring (bicyclic) bond motifs is 1. The van der Waals surface area contributed by atoms with Gasteiger partial charge < -0.3 is 19.9 Å². The van der Waals surface area contributed by atoms with Crippen molar-refractivity contribution in [2.24, 2.45) is 0 Å². The van der Waals surface area contributed by atoms with Gasteiger partial charge >= 0.3 is 12.1 Å². The number of nitrogens with zero attached hydrogens (tertiary/aromatic N) is 2. The zero-order valence-electron chi connectivity index (χ0n) is 17.3. The monoisotopic (exact) mass is 437 g/mol. The second-order valence-electron chi connectivity index (χ2n) is 6.59. The van der Waals surface area contributed by atoms with E-state index in [2.05, 4.69) is 24.1 Å². The van der Waals surface area contributed by atoms with Crippen LogP contribution in [0.25, 0.3) is 22.2 Å². The van der Waals surface area contributed by atoms with Gasteiger partial charge in [0, 0.05) is 23.1 Å². The third kappa shape index (κ3) is 6.21. The molecular weight excluding hydrogens is 415 g/mol. The van der Waals surface area contributed by atoms with E-state index in [1.165, 1.54) is 0 Å². The molecule has 7 nitrogen and oxygen atoms in total. The maximum absolute atomic E-state index is 10.6. The lowest BCUT2D eigenvalue weighted by Crippen LogP contribution is -2.21. The Morgan fingerprint density at radius 2 is 1.58 bits per heavy atom. The van der Waals surface area contributed by atoms with Crippen LogP contribution in [0.4, 0.5) is 19.1 Å². The molecule has 1 aromatic heterocycles. The minimum absolute atomic E-state index is 0.242. The number of halogens is 3. The molecule has 0 unspecified atom stereocenters. The highest BCUT2D eigenvalue weighted by molar-refractivity contribution is 5.95. The number of ether oxygens (including phenoxy) is 2. The van der Waals surface area contributed by atoms with Gasteiger partial charge in [0.25, 0.3) is 0 Å². The maximum Gasteiger partial charge on any atom is 0.490 e. The minimum Gasteiger partial charge on any atom is -0.493 e. The number of alkyl halides is 3. The van der Waals surface area contributed by atoms with E-state index in [-0.39, 0.29) is 6.04 Å². The second-order valence-corrected chi connectivity index (χ2v) is 6.59. The lowest BCUT2D eigenvalue weighted by molar-refractivity contribution is -0.192. The van der Waals surface area contributed by atoms with E-state index in [1.807, 2.05) is 42.5 Å². The highest BCUT2D eigenvalue weighted by Gasteiger charge is 2.38. The van der Waals surface area contributed by atoms with Crippen molar-refractivity contribution >= 4 is 22.8 Å². The molecule has 0 saturated carbocycles. The number of nitrogens with one attached hydrogen (secondary N) is 1. The van der Waals surface area contributed by atoms with Crippen LogP contribution in [0.1, 0.15) is 13.8 Å². The van der Waals surface area contributed by atoms with E-state index >= 15 is 0 Å². The molecule has 1 heterocycles. The summed E-state index contributed by atoms with van der Waals surface area (Å²) >= 11 is 0. The molecule has 0 radical (unpaired) electrons. The lowest BCUT2D eigenvalue weighted by atomic mass is 10.1. The molecule has 0 aliphatic heterocycles. The Balaban J connectivity index is 0.000000423. The van der Waals surface area contributed by atoms with Crippen molar-refractivity contribution in [3.63, 3.8) is 0 Å². The van der Waals surface area contributed by atoms with Gasteiger partial charge in [-0.25, -0.2) is 14.8 Å². The van der Waals surface area contributed by atoms with Crippen LogP contribution in [0.2, 0.25) is 0 Å². The van der Waals surface area contributed by atoms with Crippen molar-refractivity contribution < 1.29 is 32.5 Å². The van der Waals surface area contributed by atoms with Crippen molar-refractivity contribution in [3.05, 3.63) is 42.5 Å². The van der Waals surface area contributed by atoms with Gasteiger partial charge in [0.1, 0.15) is 0 Å². The molecule has 0 bridgehead atoms. The Hall–Kier alpha value is -3.56. The summed E-state index contributed by atoms with van der Waals surface area (Å²) in [5, 5.41) is 11.3. The zero-order valence-corrected chi connectivity index (χ0v) is 17.3. The number of carboxylic acid groups (broad SMARTS) is 1. The van der Waals surface area contributed by atoms with Crippen LogP contribution < -0.4 is 14.8 Å². The fourth-order valence-electron chi connectivity index (χ4n) is 2.59. The first-order valence-corrected chi connectivity index (χ1v) is 9.12. The molecule has 0 aliphatic carbocycles. The number of carbonyl (C=O) groups is 1. The van der Waals surface area contributed by atoms with Crippen LogP contribution in [-0.4, -0.2) is 47.5 Å². The van der Waals surface area contributed by atoms with Crippen LogP contribution >= 0.6 is 0 Å². The van der Waals surface area contributed by atoms with Crippen LogP contribution in [-0.2, 0) is 4.79 Å². The number of methoxy groups -OCH3 is 2. The number of rotatable bonds is 5. The molecule has 10 heteroatoms. The number of hydrogen-bond acceptors (Lipinski definition) is 6. The van der Waals surface area contributed by atoms with Crippen LogP contribution in [0.15, 0.2) is 42.5 Å². The van der Waals surface area contributed by atoms with Crippen molar-refractivity contribution in [2.45, 2.75) is 26.1 Å². The Labute approximate surface area is 176 Å². The minimum atomic E-state index is -5.08. The molecular formula is C21H22F3N3O4. The van der Waals surface area contributed by atoms with Crippen LogP contribution in [0.5, 0.6) is 11.5 Å². The average molecular weight is 437 g/mol. The summed E-state index contributed by atoms with van der Waals surface area (Å²) in [6.07, 6.45) is -5.08. The summed E-state index contributed by atoms with van der Waals surface area (Å²) in [6.45, 7) is 4.12. The third-order valence-corrected chi connectivity index (χ3v) is 3.91. The van der Waals surface area contributed by atoms with Gasteiger partial charge in [-0.15, -0.1) is 0 Å². The third-order valence-electron chi connectivity index (χ3n) is 3.91. The van der Waals surface area contributed by atoms with Crippen LogP contribution in [0, 0.1) is 0 Å². The quantitative estimate of drug-likeness (QED) is 0.594. The Morgan fingerprint density at radius 1 is 1.03 bits per heavy atom. The van der Waals surface area contributed by atoms with Crippen molar-refractivity contribution in [2.75, 3.05) is 19.5 Å². The standard InChI is InChI=1S/C19H21N3O2.C2HF3O2/c1-12(2)20-19-21-15-11-17(24-4)16(23-3)10-14(15)18(22-19)13-8-6-5-7-9-13;3-2(4,5)1(6)7/h5-12H,1-4H3,(H,20,21,22);(H,6,7). The van der Waals surface area contributed by atoms with Crippen LogP contribution in [0.3, 0.4) is 0 Å². The predicted octanol–water partition coefficient (Wildman–Crippen LogP) is 4.77. The fraction of sp³-hybridized carbons (Fsp3) is 0.286. The van der Waals surface area contributed by atoms with Gasteiger partial charge in [-0.05, 0) is 19.9 Å². The molecule has 31 heavy (non-hydrogen) atoms. The van der Waals surface area contributed by atoms with E-state index in [0.29, 0.717) is 17.4 Å². The van der Waals surface area contributed by atoms with E-state index in [1.54, 1.807) is 14.2 Å². The van der Waals surface area contributed by atoms with Gasteiger partial charge in [-0.1, -0.05) is 30.3 Å². The number of carboxylic acids is 1. The van der Waals surface area contributed by atoms with Gasteiger partial charge in [-0.2, -0.15) is 13.2 Å². The topological polar surface area (TPSA) is 93.6 Å². The molecule has 166 valence electrons. The van der Waals surface area contributed by atoms with Gasteiger partial charge in [0.15, 0.2) is 11.5 Å². The van der Waals surface area contributed by atoms with Gasteiger partial charge in [0.2, 0.25) is 5.95 Å². The van der Waals surface area contributed by atoms with Gasteiger partial charge in [0.05, 0.1) is 25.4 Å². The Morgan fingerprint density at radius 3 is 2.06 bits per heavy atom. The van der Waals surface area contributed by atoms with E-state index in [0.717, 1.165) is 22.2 Å². The molecule has 0 atom stereocenters. The van der Waals surface area contributed by atoms with Crippen molar-refractivity contribution in [3.8, 4) is 22.8 Å². The summed E-state index contributed by atoms with van der Waals surface area (Å²) in [7, 11) is 3.25. The van der Waals surface area contributed by atoms with Gasteiger partial charge in [-0.3, -0.25) is 0 Å². The number of benzene rings is 2. The summed E-state index contributed by atoms with van der Waals surface area (Å²) in [6, 6.07) is 14.1. The number of hydrogen-bond donors (Lipinski definition) is 2. The first-order chi connectivity index (χ1) is 14.6. The highest BCUT2D eigenvalue weighted by Crippen LogP contribution is 2.36.